The molecular formula is C17H29IN4O4S. The zero-order valence-corrected chi connectivity index (χ0v) is 19.0. The van der Waals surface area contributed by atoms with E-state index in [-0.39, 0.29) is 47.6 Å². The van der Waals surface area contributed by atoms with Gasteiger partial charge in [-0.15, -0.1) is 24.0 Å². The van der Waals surface area contributed by atoms with Crippen LogP contribution in [0.3, 0.4) is 0 Å². The molecule has 0 aromatic carbocycles. The maximum atomic E-state index is 11.6. The number of sulfone groups is 1. The van der Waals surface area contributed by atoms with E-state index in [9.17, 15) is 8.42 Å². The van der Waals surface area contributed by atoms with Gasteiger partial charge in [-0.1, -0.05) is 0 Å². The first kappa shape index (κ1) is 22.4. The molecule has 2 unspecified atom stereocenters. The van der Waals surface area contributed by atoms with E-state index in [0.29, 0.717) is 32.1 Å². The summed E-state index contributed by atoms with van der Waals surface area (Å²) < 4.78 is 34.6. The van der Waals surface area contributed by atoms with E-state index < -0.39 is 9.84 Å². The van der Waals surface area contributed by atoms with E-state index >= 15 is 0 Å². The van der Waals surface area contributed by atoms with Gasteiger partial charge >= 0.3 is 0 Å². The molecule has 10 heteroatoms. The van der Waals surface area contributed by atoms with Gasteiger partial charge in [-0.3, -0.25) is 9.89 Å². The lowest BCUT2D eigenvalue weighted by Crippen LogP contribution is -2.48. The molecule has 2 aliphatic heterocycles. The van der Waals surface area contributed by atoms with E-state index in [0.717, 1.165) is 24.6 Å². The SMILES string of the molecule is CN=C(NCC(c1ccc(C)o1)N1CCOCC1)NC1CCS(=O)(=O)C1.I. The predicted molar refractivity (Wildman–Crippen MR) is 116 cm³/mol. The number of morpholine rings is 1. The minimum absolute atomic E-state index is 0. The van der Waals surface area contributed by atoms with Gasteiger partial charge in [0.25, 0.3) is 0 Å². The van der Waals surface area contributed by atoms with Crippen LogP contribution in [0.4, 0.5) is 0 Å². The third-order valence-corrected chi connectivity index (χ3v) is 6.60. The number of aryl methyl sites for hydroxylation is 1. The van der Waals surface area contributed by atoms with Gasteiger partial charge in [0.1, 0.15) is 11.5 Å². The van der Waals surface area contributed by atoms with Gasteiger partial charge in [0.05, 0.1) is 30.8 Å². The Kier molecular flexibility index (Phi) is 8.38. The molecule has 27 heavy (non-hydrogen) atoms. The summed E-state index contributed by atoms with van der Waals surface area (Å²) in [5.74, 6) is 2.82. The van der Waals surface area contributed by atoms with Crippen LogP contribution < -0.4 is 10.6 Å². The molecule has 0 spiro atoms. The van der Waals surface area contributed by atoms with Gasteiger partial charge in [0, 0.05) is 32.7 Å². The van der Waals surface area contributed by atoms with Gasteiger partial charge < -0.3 is 19.8 Å². The average molecular weight is 512 g/mol. The van der Waals surface area contributed by atoms with Crippen LogP contribution in [0.2, 0.25) is 0 Å². The molecule has 1 aromatic heterocycles. The molecule has 154 valence electrons. The highest BCUT2D eigenvalue weighted by Gasteiger charge is 2.29. The lowest BCUT2D eigenvalue weighted by atomic mass is 10.1. The molecule has 3 heterocycles. The molecule has 0 bridgehead atoms. The van der Waals surface area contributed by atoms with Crippen molar-refractivity contribution in [3.05, 3.63) is 23.7 Å². The van der Waals surface area contributed by atoms with E-state index in [2.05, 4.69) is 20.5 Å². The summed E-state index contributed by atoms with van der Waals surface area (Å²) in [4.78, 5) is 6.58. The summed E-state index contributed by atoms with van der Waals surface area (Å²) in [6.45, 7) is 5.67. The van der Waals surface area contributed by atoms with Crippen molar-refractivity contribution in [2.75, 3.05) is 51.4 Å². The molecule has 0 radical (unpaired) electrons. The fourth-order valence-electron chi connectivity index (χ4n) is 3.42. The largest absolute Gasteiger partial charge is 0.465 e. The molecule has 0 aliphatic carbocycles. The summed E-state index contributed by atoms with van der Waals surface area (Å²) in [5.41, 5.74) is 0. The summed E-state index contributed by atoms with van der Waals surface area (Å²) in [5, 5.41) is 6.55. The van der Waals surface area contributed by atoms with Gasteiger partial charge in [-0.25, -0.2) is 8.42 Å². The fourth-order valence-corrected chi connectivity index (χ4v) is 5.09. The van der Waals surface area contributed by atoms with Crippen molar-refractivity contribution in [1.29, 1.82) is 0 Å². The summed E-state index contributed by atoms with van der Waals surface area (Å²) >= 11 is 0. The molecule has 3 rings (SSSR count). The number of nitrogens with one attached hydrogen (secondary N) is 2. The van der Waals surface area contributed by atoms with E-state index in [1.807, 2.05) is 19.1 Å². The van der Waals surface area contributed by atoms with E-state index in [1.165, 1.54) is 0 Å². The number of hydrogen-bond donors (Lipinski definition) is 2. The number of aliphatic imine (C=N–C) groups is 1. The summed E-state index contributed by atoms with van der Waals surface area (Å²) in [7, 11) is -1.23. The second kappa shape index (κ2) is 10.1. The zero-order chi connectivity index (χ0) is 18.6. The normalized spacial score (nSPS) is 24.2. The van der Waals surface area contributed by atoms with Crippen LogP contribution in [0.1, 0.15) is 24.0 Å². The molecule has 1 aromatic rings. The smallest absolute Gasteiger partial charge is 0.191 e. The number of guanidine groups is 1. The quantitative estimate of drug-likeness (QED) is 0.344. The Hall–Kier alpha value is -0.850. The van der Waals surface area contributed by atoms with Crippen LogP contribution in [-0.4, -0.2) is 76.7 Å². The van der Waals surface area contributed by atoms with Crippen molar-refractivity contribution in [2.24, 2.45) is 4.99 Å². The fraction of sp³-hybridized carbons (Fsp3) is 0.706. The van der Waals surface area contributed by atoms with Crippen molar-refractivity contribution in [3.8, 4) is 0 Å². The zero-order valence-electron chi connectivity index (χ0n) is 15.8. The molecule has 2 atom stereocenters. The molecule has 0 amide bonds. The standard InChI is InChI=1S/C17H28N4O4S.HI/c1-13-3-4-16(25-13)15(21-6-8-24-9-7-21)11-19-17(18-2)20-14-5-10-26(22,23)12-14;/h3-4,14-15H,5-12H2,1-2H3,(H2,18,19,20);1H. The number of halogens is 1. The van der Waals surface area contributed by atoms with Crippen LogP contribution in [0.25, 0.3) is 0 Å². The van der Waals surface area contributed by atoms with Crippen LogP contribution in [0, 0.1) is 6.92 Å². The van der Waals surface area contributed by atoms with Gasteiger partial charge in [0.2, 0.25) is 0 Å². The average Bonchev–Trinajstić information content (AvgIpc) is 3.20. The second-order valence-electron chi connectivity index (χ2n) is 6.81. The lowest BCUT2D eigenvalue weighted by molar-refractivity contribution is 0.0124. The van der Waals surface area contributed by atoms with E-state index in [1.54, 1.807) is 7.05 Å². The number of rotatable bonds is 5. The highest BCUT2D eigenvalue weighted by atomic mass is 127. The molecule has 2 saturated heterocycles. The lowest BCUT2D eigenvalue weighted by Gasteiger charge is -2.33. The van der Waals surface area contributed by atoms with Gasteiger partial charge in [0.15, 0.2) is 15.8 Å². The Morgan fingerprint density at radius 3 is 2.67 bits per heavy atom. The number of hydrogen-bond acceptors (Lipinski definition) is 6. The Morgan fingerprint density at radius 1 is 1.37 bits per heavy atom. The third-order valence-electron chi connectivity index (χ3n) is 4.84. The van der Waals surface area contributed by atoms with Crippen LogP contribution in [-0.2, 0) is 14.6 Å². The minimum Gasteiger partial charge on any atom is -0.465 e. The number of ether oxygens (including phenoxy) is 1. The second-order valence-corrected chi connectivity index (χ2v) is 9.04. The first-order valence-electron chi connectivity index (χ1n) is 9.02. The Balaban J connectivity index is 0.00000261. The molecule has 8 nitrogen and oxygen atoms in total. The van der Waals surface area contributed by atoms with Crippen molar-refractivity contribution in [3.63, 3.8) is 0 Å². The van der Waals surface area contributed by atoms with Crippen molar-refractivity contribution >= 4 is 39.8 Å². The van der Waals surface area contributed by atoms with Crippen LogP contribution in [0.5, 0.6) is 0 Å². The maximum absolute atomic E-state index is 11.6. The maximum Gasteiger partial charge on any atom is 0.191 e. The van der Waals surface area contributed by atoms with Crippen molar-refractivity contribution in [2.45, 2.75) is 25.4 Å². The highest BCUT2D eigenvalue weighted by Crippen LogP contribution is 2.23. The third kappa shape index (κ3) is 6.33. The number of nitrogens with zero attached hydrogens (tertiary/aromatic N) is 2. The number of furan rings is 1. The summed E-state index contributed by atoms with van der Waals surface area (Å²) in [6.07, 6.45) is 0.618. The highest BCUT2D eigenvalue weighted by molar-refractivity contribution is 14.0. The Morgan fingerprint density at radius 2 is 2.11 bits per heavy atom. The molecule has 0 saturated carbocycles. The monoisotopic (exact) mass is 512 g/mol. The Labute approximate surface area is 178 Å². The summed E-state index contributed by atoms with van der Waals surface area (Å²) in [6, 6.07) is 3.97. The first-order valence-corrected chi connectivity index (χ1v) is 10.8. The first-order chi connectivity index (χ1) is 12.5. The van der Waals surface area contributed by atoms with Gasteiger partial charge in [-0.05, 0) is 25.5 Å². The Bertz CT molecular complexity index is 731. The van der Waals surface area contributed by atoms with Crippen molar-refractivity contribution < 1.29 is 17.6 Å². The van der Waals surface area contributed by atoms with Crippen LogP contribution in [0.15, 0.2) is 21.5 Å². The molecule has 2 N–H and O–H groups in total. The molecular weight excluding hydrogens is 483 g/mol. The van der Waals surface area contributed by atoms with Gasteiger partial charge in [-0.2, -0.15) is 0 Å². The minimum atomic E-state index is -2.92. The van der Waals surface area contributed by atoms with E-state index in [4.69, 9.17) is 9.15 Å². The predicted octanol–water partition coefficient (Wildman–Crippen LogP) is 0.931. The molecule has 2 fully saturated rings. The van der Waals surface area contributed by atoms with Crippen molar-refractivity contribution in [1.82, 2.24) is 15.5 Å². The van der Waals surface area contributed by atoms with Crippen LogP contribution >= 0.6 is 24.0 Å². The molecule has 2 aliphatic rings. The topological polar surface area (TPSA) is 96.2 Å².